The Labute approximate surface area is 117 Å². The molecule has 1 aliphatic heterocycles. The van der Waals surface area contributed by atoms with Crippen molar-refractivity contribution in [2.24, 2.45) is 11.7 Å². The number of nitrogens with zero attached hydrogens (tertiary/aromatic N) is 1. The topological polar surface area (TPSA) is 130 Å². The zero-order valence-corrected chi connectivity index (χ0v) is 12.3. The number of hydrogen-bond donors (Lipinski definition) is 3. The third-order valence-electron chi connectivity index (χ3n) is 3.26. The van der Waals surface area contributed by atoms with Gasteiger partial charge in [0.15, 0.2) is 0 Å². The van der Waals surface area contributed by atoms with Crippen LogP contribution in [0.5, 0.6) is 0 Å². The molecule has 2 atom stereocenters. The molecule has 0 bridgehead atoms. The lowest BCUT2D eigenvalue weighted by molar-refractivity contribution is -0.157. The highest BCUT2D eigenvalue weighted by atomic mass is 31.2. The van der Waals surface area contributed by atoms with Crippen LogP contribution in [-0.4, -0.2) is 58.5 Å². The maximum absolute atomic E-state index is 11.9. The Morgan fingerprint density at radius 3 is 2.60 bits per heavy atom. The lowest BCUT2D eigenvalue weighted by Gasteiger charge is -2.37. The summed E-state index contributed by atoms with van der Waals surface area (Å²) in [6.45, 7) is 1.88. The van der Waals surface area contributed by atoms with Gasteiger partial charge in [-0.1, -0.05) is 0 Å². The van der Waals surface area contributed by atoms with Gasteiger partial charge < -0.3 is 25.2 Å². The van der Waals surface area contributed by atoms with Crippen LogP contribution in [0.25, 0.3) is 0 Å². The normalized spacial score (nSPS) is 23.5. The third-order valence-corrected chi connectivity index (χ3v) is 4.25. The molecule has 9 heteroatoms. The molecule has 4 N–H and O–H groups in total. The largest absolute Gasteiger partial charge is 0.464 e. The number of nitrogens with two attached hydrogens (primary N) is 1. The van der Waals surface area contributed by atoms with Crippen molar-refractivity contribution in [1.82, 2.24) is 4.90 Å². The van der Waals surface area contributed by atoms with Crippen molar-refractivity contribution in [2.45, 2.75) is 25.8 Å². The molecule has 0 radical (unpaired) electrons. The Morgan fingerprint density at radius 1 is 1.45 bits per heavy atom. The van der Waals surface area contributed by atoms with Crippen LogP contribution >= 0.6 is 7.60 Å². The van der Waals surface area contributed by atoms with Gasteiger partial charge in [-0.2, -0.15) is 0 Å². The maximum Gasteiger partial charge on any atom is 0.328 e. The van der Waals surface area contributed by atoms with Crippen LogP contribution < -0.4 is 5.73 Å². The molecular formula is C11H21N2O6P. The summed E-state index contributed by atoms with van der Waals surface area (Å²) in [5, 5.41) is 0. The first kappa shape index (κ1) is 17.1. The van der Waals surface area contributed by atoms with Gasteiger partial charge in [0.05, 0.1) is 19.3 Å². The molecule has 0 aromatic carbocycles. The van der Waals surface area contributed by atoms with E-state index in [4.69, 9.17) is 20.3 Å². The standard InChI is InChI=1S/C11H21N2O6P/c1-2-19-11(15)9-5-8(7-20(16,17)18)3-4-13(9)10(14)6-12/h8-9H,2-7,12H2,1H3,(H2,16,17,18). The molecule has 1 aliphatic rings. The number of carbonyl (C=O) groups is 2. The van der Waals surface area contributed by atoms with Gasteiger partial charge in [0.25, 0.3) is 0 Å². The summed E-state index contributed by atoms with van der Waals surface area (Å²) in [5.74, 6) is -1.23. The molecule has 1 fully saturated rings. The summed E-state index contributed by atoms with van der Waals surface area (Å²) in [4.78, 5) is 43.0. The first-order valence-corrected chi connectivity index (χ1v) is 8.29. The van der Waals surface area contributed by atoms with E-state index in [9.17, 15) is 14.2 Å². The van der Waals surface area contributed by atoms with Gasteiger partial charge >= 0.3 is 13.6 Å². The number of rotatable bonds is 5. The van der Waals surface area contributed by atoms with Crippen molar-refractivity contribution in [2.75, 3.05) is 25.9 Å². The number of esters is 1. The van der Waals surface area contributed by atoms with Gasteiger partial charge in [-0.15, -0.1) is 0 Å². The molecular weight excluding hydrogens is 287 g/mol. The van der Waals surface area contributed by atoms with Crippen molar-refractivity contribution < 1.29 is 28.7 Å². The van der Waals surface area contributed by atoms with Crippen molar-refractivity contribution >= 4 is 19.5 Å². The van der Waals surface area contributed by atoms with Gasteiger partial charge in [0.1, 0.15) is 6.04 Å². The van der Waals surface area contributed by atoms with Crippen molar-refractivity contribution in [3.63, 3.8) is 0 Å². The molecule has 8 nitrogen and oxygen atoms in total. The minimum absolute atomic E-state index is 0.184. The molecule has 1 saturated heterocycles. The average Bonchev–Trinajstić information content (AvgIpc) is 2.36. The summed E-state index contributed by atoms with van der Waals surface area (Å²) in [6, 6.07) is -0.809. The van der Waals surface area contributed by atoms with Crippen LogP contribution in [0, 0.1) is 5.92 Å². The van der Waals surface area contributed by atoms with Gasteiger partial charge in [-0.25, -0.2) is 4.79 Å². The van der Waals surface area contributed by atoms with E-state index < -0.39 is 19.6 Å². The molecule has 0 aliphatic carbocycles. The summed E-state index contributed by atoms with van der Waals surface area (Å²) in [6.07, 6.45) is 0.343. The quantitative estimate of drug-likeness (QED) is 0.452. The smallest absolute Gasteiger partial charge is 0.328 e. The number of hydrogen-bond acceptors (Lipinski definition) is 5. The monoisotopic (exact) mass is 308 g/mol. The van der Waals surface area contributed by atoms with Crippen LogP contribution in [0.3, 0.4) is 0 Å². The molecule has 1 heterocycles. The predicted octanol–water partition coefficient (Wildman–Crippen LogP) is -0.707. The molecule has 20 heavy (non-hydrogen) atoms. The lowest BCUT2D eigenvalue weighted by Crippen LogP contribution is -2.52. The summed E-state index contributed by atoms with van der Waals surface area (Å²) in [7, 11) is -4.14. The highest BCUT2D eigenvalue weighted by Crippen LogP contribution is 2.40. The maximum atomic E-state index is 11.9. The number of carbonyl (C=O) groups excluding carboxylic acids is 2. The van der Waals surface area contributed by atoms with E-state index >= 15 is 0 Å². The van der Waals surface area contributed by atoms with Crippen molar-refractivity contribution in [1.29, 1.82) is 0 Å². The van der Waals surface area contributed by atoms with E-state index in [-0.39, 0.29) is 44.1 Å². The third kappa shape index (κ3) is 4.86. The van der Waals surface area contributed by atoms with Crippen molar-refractivity contribution in [3.05, 3.63) is 0 Å². The van der Waals surface area contributed by atoms with E-state index in [0.29, 0.717) is 6.42 Å². The Kier molecular flexibility index (Phi) is 6.13. The minimum atomic E-state index is -4.14. The Balaban J connectivity index is 2.80. The van der Waals surface area contributed by atoms with Gasteiger partial charge in [-0.05, 0) is 25.7 Å². The predicted molar refractivity (Wildman–Crippen MR) is 70.8 cm³/mol. The van der Waals surface area contributed by atoms with E-state index in [1.165, 1.54) is 4.90 Å². The fourth-order valence-corrected chi connectivity index (χ4v) is 3.42. The first-order valence-electron chi connectivity index (χ1n) is 6.49. The van der Waals surface area contributed by atoms with Crippen molar-refractivity contribution in [3.8, 4) is 0 Å². The lowest BCUT2D eigenvalue weighted by atomic mass is 9.92. The van der Waals surface area contributed by atoms with Crippen LogP contribution in [0.2, 0.25) is 0 Å². The van der Waals surface area contributed by atoms with Crippen LogP contribution in [-0.2, 0) is 18.9 Å². The summed E-state index contributed by atoms with van der Waals surface area (Å²) < 4.78 is 16.0. The first-order chi connectivity index (χ1) is 9.28. The van der Waals surface area contributed by atoms with Crippen LogP contribution in [0.1, 0.15) is 19.8 Å². The van der Waals surface area contributed by atoms with E-state index in [2.05, 4.69) is 0 Å². The summed E-state index contributed by atoms with van der Waals surface area (Å²) in [5.41, 5.74) is 5.31. The SMILES string of the molecule is CCOC(=O)C1CC(CP(=O)(O)O)CCN1C(=O)CN. The van der Waals surface area contributed by atoms with Crippen LogP contribution in [0.15, 0.2) is 0 Å². The Morgan fingerprint density at radius 2 is 2.10 bits per heavy atom. The van der Waals surface area contributed by atoms with Crippen LogP contribution in [0.4, 0.5) is 0 Å². The fraction of sp³-hybridized carbons (Fsp3) is 0.818. The fourth-order valence-electron chi connectivity index (χ4n) is 2.42. The average molecular weight is 308 g/mol. The second-order valence-corrected chi connectivity index (χ2v) is 6.49. The number of amides is 1. The zero-order chi connectivity index (χ0) is 15.3. The molecule has 0 spiro atoms. The summed E-state index contributed by atoms with van der Waals surface area (Å²) >= 11 is 0. The molecule has 116 valence electrons. The highest BCUT2D eigenvalue weighted by molar-refractivity contribution is 7.51. The molecule has 1 amide bonds. The zero-order valence-electron chi connectivity index (χ0n) is 11.4. The molecule has 1 rings (SSSR count). The Hall–Kier alpha value is -0.950. The number of likely N-dealkylation sites (tertiary alicyclic amines) is 1. The second kappa shape index (κ2) is 7.17. The highest BCUT2D eigenvalue weighted by Gasteiger charge is 2.38. The molecule has 2 unspecified atom stereocenters. The Bertz CT molecular complexity index is 410. The van der Waals surface area contributed by atoms with E-state index in [0.717, 1.165) is 0 Å². The molecule has 0 aromatic rings. The van der Waals surface area contributed by atoms with Gasteiger partial charge in [-0.3, -0.25) is 9.36 Å². The molecule has 0 aromatic heterocycles. The van der Waals surface area contributed by atoms with E-state index in [1.54, 1.807) is 6.92 Å². The molecule has 0 saturated carbocycles. The number of ether oxygens (including phenoxy) is 1. The number of piperidine rings is 1. The van der Waals surface area contributed by atoms with Gasteiger partial charge in [0.2, 0.25) is 5.91 Å². The minimum Gasteiger partial charge on any atom is -0.464 e. The van der Waals surface area contributed by atoms with Gasteiger partial charge in [0, 0.05) is 6.54 Å². The second-order valence-electron chi connectivity index (χ2n) is 4.80. The van der Waals surface area contributed by atoms with E-state index in [1.807, 2.05) is 0 Å².